The second-order valence-corrected chi connectivity index (χ2v) is 10.4. The highest BCUT2D eigenvalue weighted by Gasteiger charge is 2.27. The smallest absolute Gasteiger partial charge is 0.00475 e. The Balaban J connectivity index is 2.47. The second kappa shape index (κ2) is 7.34. The second-order valence-electron chi connectivity index (χ2n) is 5.41. The fourth-order valence-electron chi connectivity index (χ4n) is 3.06. The molecule has 3 rings (SSSR count). The summed E-state index contributed by atoms with van der Waals surface area (Å²) < 4.78 is 1.38. The zero-order chi connectivity index (χ0) is 16.1. The first kappa shape index (κ1) is 16.3. The quantitative estimate of drug-likeness (QED) is 0.562. The van der Waals surface area contributed by atoms with E-state index in [9.17, 15) is 0 Å². The lowest BCUT2D eigenvalue weighted by Gasteiger charge is -2.30. The molecule has 0 bridgehead atoms. The minimum absolute atomic E-state index is 1.01. The summed E-state index contributed by atoms with van der Waals surface area (Å²) in [5.41, 5.74) is 0. The average Bonchev–Trinajstić information content (AvgIpc) is 2.65. The van der Waals surface area contributed by atoms with E-state index in [1.54, 1.807) is 0 Å². The fourth-order valence-corrected chi connectivity index (χ4v) is 8.97. The van der Waals surface area contributed by atoms with Gasteiger partial charge in [-0.25, -0.2) is 0 Å². The van der Waals surface area contributed by atoms with Crippen LogP contribution in [0.15, 0.2) is 91.0 Å². The van der Waals surface area contributed by atoms with Crippen molar-refractivity contribution in [3.8, 4) is 0 Å². The van der Waals surface area contributed by atoms with Crippen LogP contribution in [-0.4, -0.2) is 4.20 Å². The Kier molecular flexibility index (Phi) is 5.20. The predicted molar refractivity (Wildman–Crippen MR) is 109 cm³/mol. The Morgan fingerprint density at radius 3 is 1.22 bits per heavy atom. The molecule has 0 N–H and O–H groups in total. The molecule has 3 aromatic rings. The molecule has 0 amide bonds. The molecule has 0 radical (unpaired) electrons. The molecule has 0 aromatic heterocycles. The van der Waals surface area contributed by atoms with E-state index in [0.29, 0.717) is 0 Å². The minimum Gasteiger partial charge on any atom is -0.0622 e. The topological polar surface area (TPSA) is 0 Å². The molecule has 2 heteroatoms. The molecule has 0 aliphatic heterocycles. The number of hydrogen-bond donors (Lipinski definition) is 0. The molecule has 3 aromatic carbocycles. The van der Waals surface area contributed by atoms with Gasteiger partial charge in [-0.1, -0.05) is 114 Å². The lowest BCUT2D eigenvalue weighted by atomic mass is 10.4. The molecule has 23 heavy (non-hydrogen) atoms. The van der Waals surface area contributed by atoms with E-state index in [2.05, 4.69) is 114 Å². The maximum absolute atomic E-state index is 3.98. The van der Waals surface area contributed by atoms with Crippen LogP contribution in [0.2, 0.25) is 0 Å². The Morgan fingerprint density at radius 1 is 0.652 bits per heavy atom. The van der Waals surface area contributed by atoms with Gasteiger partial charge in [0, 0.05) is 4.20 Å². The predicted octanol–water partition coefficient (Wildman–Crippen LogP) is 4.92. The van der Waals surface area contributed by atoms with Gasteiger partial charge in [0.05, 0.1) is 0 Å². The van der Waals surface area contributed by atoms with E-state index in [0.717, 1.165) is 6.42 Å². The first-order valence-corrected chi connectivity index (χ1v) is 10.5. The van der Waals surface area contributed by atoms with Gasteiger partial charge in [-0.2, -0.15) is 0 Å². The lowest BCUT2D eigenvalue weighted by Crippen LogP contribution is -2.28. The zero-order valence-corrected chi connectivity index (χ0v) is 15.7. The third-order valence-corrected chi connectivity index (χ3v) is 10.5. The third-order valence-electron chi connectivity index (χ3n) is 4.09. The summed E-state index contributed by atoms with van der Waals surface area (Å²) in [6.45, 7) is 0.419. The summed E-state index contributed by atoms with van der Waals surface area (Å²) in [4.78, 5) is 0. The molecular weight excluding hydrogens is 363 g/mol. The van der Waals surface area contributed by atoms with Gasteiger partial charge in [0.2, 0.25) is 0 Å². The van der Waals surface area contributed by atoms with Gasteiger partial charge in [-0.3, -0.25) is 0 Å². The number of halogens is 1. The van der Waals surface area contributed by atoms with E-state index >= 15 is 0 Å². The molecule has 0 heterocycles. The molecule has 0 saturated carbocycles. The van der Waals surface area contributed by atoms with Gasteiger partial charge in [0.15, 0.2) is 0 Å². The molecule has 0 saturated heterocycles. The van der Waals surface area contributed by atoms with Gasteiger partial charge >= 0.3 is 0 Å². The van der Waals surface area contributed by atoms with Gasteiger partial charge in [-0.05, 0) is 29.2 Å². The minimum atomic E-state index is -1.81. The van der Waals surface area contributed by atoms with Crippen molar-refractivity contribution in [1.82, 2.24) is 0 Å². The van der Waals surface area contributed by atoms with Crippen molar-refractivity contribution < 1.29 is 0 Å². The van der Waals surface area contributed by atoms with Crippen LogP contribution in [0.4, 0.5) is 0 Å². The van der Waals surface area contributed by atoms with Gasteiger partial charge < -0.3 is 0 Å². The highest BCUT2D eigenvalue weighted by molar-refractivity contribution is 9.20. The van der Waals surface area contributed by atoms with Gasteiger partial charge in [-0.15, -0.1) is 0 Å². The van der Waals surface area contributed by atoms with Crippen molar-refractivity contribution in [2.24, 2.45) is 0 Å². The van der Waals surface area contributed by atoms with Crippen LogP contribution in [0.3, 0.4) is 0 Å². The normalized spacial score (nSPS) is 11.2. The average molecular weight is 383 g/mol. The van der Waals surface area contributed by atoms with Gasteiger partial charge in [0.25, 0.3) is 0 Å². The number of benzene rings is 3. The highest BCUT2D eigenvalue weighted by Crippen LogP contribution is 2.48. The summed E-state index contributed by atoms with van der Waals surface area (Å²) in [6.07, 6.45) is 1.01. The number of hydrogen-bond acceptors (Lipinski definition) is 0. The standard InChI is InChI=1S/C21H20BrP/c1-2-21(22)23(18-12-6-3-7-13-18,19-14-8-4-9-15-19)20-16-10-5-11-17-20/h3-17H,2H2,1H3. The van der Waals surface area contributed by atoms with Crippen LogP contribution in [0.1, 0.15) is 13.3 Å². The molecular formula is C21H20BrP. The van der Waals surface area contributed by atoms with Crippen LogP contribution >= 0.6 is 22.8 Å². The maximum atomic E-state index is 3.98. The van der Waals surface area contributed by atoms with E-state index in [-0.39, 0.29) is 0 Å². The van der Waals surface area contributed by atoms with Gasteiger partial charge in [0.1, 0.15) is 0 Å². The molecule has 0 atom stereocenters. The third kappa shape index (κ3) is 2.96. The SMILES string of the molecule is CCC(Br)=P(c1ccccc1)(c1ccccc1)c1ccccc1. The zero-order valence-electron chi connectivity index (χ0n) is 13.2. The van der Waals surface area contributed by atoms with Crippen LogP contribution in [-0.2, 0) is 0 Å². The van der Waals surface area contributed by atoms with Crippen molar-refractivity contribution in [1.29, 1.82) is 0 Å². The molecule has 0 aliphatic carbocycles. The van der Waals surface area contributed by atoms with Crippen LogP contribution in [0.5, 0.6) is 0 Å². The molecule has 0 unspecified atom stereocenters. The van der Waals surface area contributed by atoms with Crippen LogP contribution < -0.4 is 15.9 Å². The monoisotopic (exact) mass is 382 g/mol. The summed E-state index contributed by atoms with van der Waals surface area (Å²) in [5.74, 6) is 0. The highest BCUT2D eigenvalue weighted by atomic mass is 79.9. The largest absolute Gasteiger partial charge is 0.0622 e. The van der Waals surface area contributed by atoms with Crippen molar-refractivity contribution >= 4 is 42.9 Å². The molecule has 0 nitrogen and oxygen atoms in total. The van der Waals surface area contributed by atoms with Crippen molar-refractivity contribution in [3.63, 3.8) is 0 Å². The first-order valence-electron chi connectivity index (χ1n) is 7.88. The lowest BCUT2D eigenvalue weighted by molar-refractivity contribution is 1.35. The van der Waals surface area contributed by atoms with E-state index in [1.807, 2.05) is 0 Å². The van der Waals surface area contributed by atoms with E-state index in [1.165, 1.54) is 20.1 Å². The fraction of sp³-hybridized carbons (Fsp3) is 0.0952. The van der Waals surface area contributed by atoms with Crippen LogP contribution in [0, 0.1) is 0 Å². The molecule has 116 valence electrons. The Bertz CT molecular complexity index is 705. The molecule has 0 spiro atoms. The first-order chi connectivity index (χ1) is 11.3. The summed E-state index contributed by atoms with van der Waals surface area (Å²) in [5, 5.41) is 4.18. The van der Waals surface area contributed by atoms with Crippen molar-refractivity contribution in [2.75, 3.05) is 0 Å². The summed E-state index contributed by atoms with van der Waals surface area (Å²) in [7, 11) is 0. The van der Waals surface area contributed by atoms with Crippen molar-refractivity contribution in [3.05, 3.63) is 91.0 Å². The molecule has 0 fully saturated rings. The molecule has 0 aliphatic rings. The van der Waals surface area contributed by atoms with E-state index < -0.39 is 6.89 Å². The Morgan fingerprint density at radius 2 is 0.957 bits per heavy atom. The van der Waals surface area contributed by atoms with Crippen LogP contribution in [0.25, 0.3) is 0 Å². The van der Waals surface area contributed by atoms with E-state index in [4.69, 9.17) is 0 Å². The maximum Gasteiger partial charge on any atom is 0.00475 e. The Labute approximate surface area is 147 Å². The number of rotatable bonds is 4. The Hall–Kier alpha value is -1.56. The summed E-state index contributed by atoms with van der Waals surface area (Å²) >= 11 is 3.98. The summed E-state index contributed by atoms with van der Waals surface area (Å²) in [6, 6.07) is 32.8. The van der Waals surface area contributed by atoms with Crippen molar-refractivity contribution in [2.45, 2.75) is 13.3 Å².